The standard InChI is InChI=1S/C17H23N3O2/c1-14(10-18)11-19(2)17(21)16-13-20(8-9-22-16)12-15-6-4-3-5-7-15/h3-7,14,16H,8-9,11-13H2,1-2H3/t14-,16-/m1/s1. The van der Waals surface area contributed by atoms with Crippen molar-refractivity contribution in [3.05, 3.63) is 35.9 Å². The third-order valence-electron chi connectivity index (χ3n) is 3.82. The van der Waals surface area contributed by atoms with E-state index >= 15 is 0 Å². The Morgan fingerprint density at radius 2 is 2.23 bits per heavy atom. The molecule has 5 nitrogen and oxygen atoms in total. The number of carbonyl (C=O) groups excluding carboxylic acids is 1. The second-order valence-electron chi connectivity index (χ2n) is 5.83. The molecule has 0 saturated carbocycles. The number of rotatable bonds is 5. The maximum Gasteiger partial charge on any atom is 0.252 e. The second kappa shape index (κ2) is 7.92. The van der Waals surface area contributed by atoms with E-state index in [1.807, 2.05) is 25.1 Å². The van der Waals surface area contributed by atoms with Crippen LogP contribution in [0.15, 0.2) is 30.3 Å². The molecular formula is C17H23N3O2. The Hall–Kier alpha value is -1.90. The fourth-order valence-corrected chi connectivity index (χ4v) is 2.62. The van der Waals surface area contributed by atoms with E-state index in [9.17, 15) is 4.79 Å². The molecule has 1 fully saturated rings. The van der Waals surface area contributed by atoms with Crippen LogP contribution in [0, 0.1) is 17.2 Å². The number of hydrogen-bond acceptors (Lipinski definition) is 4. The summed E-state index contributed by atoms with van der Waals surface area (Å²) in [6.07, 6.45) is -0.437. The average molecular weight is 301 g/mol. The van der Waals surface area contributed by atoms with Gasteiger partial charge in [0.2, 0.25) is 0 Å². The minimum atomic E-state index is -0.437. The lowest BCUT2D eigenvalue weighted by Gasteiger charge is -2.34. The van der Waals surface area contributed by atoms with E-state index in [2.05, 4.69) is 23.1 Å². The maximum atomic E-state index is 12.4. The summed E-state index contributed by atoms with van der Waals surface area (Å²) in [5.74, 6) is -0.210. The highest BCUT2D eigenvalue weighted by atomic mass is 16.5. The first kappa shape index (κ1) is 16.5. The number of ether oxygens (including phenoxy) is 1. The SMILES string of the molecule is C[C@H](C#N)CN(C)C(=O)[C@H]1CN(Cc2ccccc2)CCO1. The minimum absolute atomic E-state index is 0.0418. The molecule has 118 valence electrons. The van der Waals surface area contributed by atoms with E-state index in [-0.39, 0.29) is 11.8 Å². The number of hydrogen-bond donors (Lipinski definition) is 0. The maximum absolute atomic E-state index is 12.4. The number of amides is 1. The van der Waals surface area contributed by atoms with Gasteiger partial charge in [-0.3, -0.25) is 9.69 Å². The molecule has 0 bridgehead atoms. The second-order valence-corrected chi connectivity index (χ2v) is 5.83. The summed E-state index contributed by atoms with van der Waals surface area (Å²) in [7, 11) is 1.73. The fraction of sp³-hybridized carbons (Fsp3) is 0.529. The lowest BCUT2D eigenvalue weighted by molar-refractivity contribution is -0.148. The van der Waals surface area contributed by atoms with E-state index in [1.165, 1.54) is 5.56 Å². The summed E-state index contributed by atoms with van der Waals surface area (Å²) in [4.78, 5) is 16.3. The highest BCUT2D eigenvalue weighted by Gasteiger charge is 2.29. The van der Waals surface area contributed by atoms with Gasteiger partial charge in [-0.05, 0) is 12.5 Å². The monoisotopic (exact) mass is 301 g/mol. The average Bonchev–Trinajstić information content (AvgIpc) is 2.55. The van der Waals surface area contributed by atoms with Crippen LogP contribution in [0.25, 0.3) is 0 Å². The molecule has 0 unspecified atom stereocenters. The molecule has 1 aliphatic rings. The zero-order valence-corrected chi connectivity index (χ0v) is 13.2. The summed E-state index contributed by atoms with van der Waals surface area (Å²) in [6, 6.07) is 12.4. The summed E-state index contributed by atoms with van der Waals surface area (Å²) in [6.45, 7) is 5.06. The molecule has 1 amide bonds. The molecule has 1 saturated heterocycles. The molecule has 22 heavy (non-hydrogen) atoms. The molecule has 1 aromatic rings. The zero-order valence-electron chi connectivity index (χ0n) is 13.2. The number of benzene rings is 1. The van der Waals surface area contributed by atoms with E-state index in [0.717, 1.165) is 13.1 Å². The molecular weight excluding hydrogens is 278 g/mol. The van der Waals surface area contributed by atoms with Gasteiger partial charge in [0.1, 0.15) is 6.10 Å². The predicted molar refractivity (Wildman–Crippen MR) is 83.9 cm³/mol. The van der Waals surface area contributed by atoms with Gasteiger partial charge in [0.05, 0.1) is 18.6 Å². The third-order valence-corrected chi connectivity index (χ3v) is 3.82. The van der Waals surface area contributed by atoms with Crippen molar-refractivity contribution in [1.29, 1.82) is 5.26 Å². The molecule has 0 aromatic heterocycles. The van der Waals surface area contributed by atoms with Crippen LogP contribution in [0.5, 0.6) is 0 Å². The van der Waals surface area contributed by atoms with Gasteiger partial charge in [0.25, 0.3) is 5.91 Å². The Kier molecular flexibility index (Phi) is 5.93. The predicted octanol–water partition coefficient (Wildman–Crippen LogP) is 1.51. The molecule has 1 aliphatic heterocycles. The van der Waals surface area contributed by atoms with Gasteiger partial charge in [-0.1, -0.05) is 30.3 Å². The van der Waals surface area contributed by atoms with Crippen molar-refractivity contribution in [3.63, 3.8) is 0 Å². The van der Waals surface area contributed by atoms with E-state index in [1.54, 1.807) is 11.9 Å². The van der Waals surface area contributed by atoms with Crippen molar-refractivity contribution in [2.24, 2.45) is 5.92 Å². The van der Waals surface area contributed by atoms with E-state index in [4.69, 9.17) is 10.00 Å². The van der Waals surface area contributed by atoms with E-state index in [0.29, 0.717) is 19.7 Å². The van der Waals surface area contributed by atoms with Crippen molar-refractivity contribution in [3.8, 4) is 6.07 Å². The number of morpholine rings is 1. The highest BCUT2D eigenvalue weighted by Crippen LogP contribution is 2.12. The van der Waals surface area contributed by atoms with Crippen molar-refractivity contribution < 1.29 is 9.53 Å². The molecule has 5 heteroatoms. The van der Waals surface area contributed by atoms with Gasteiger partial charge in [-0.2, -0.15) is 5.26 Å². The first-order valence-electron chi connectivity index (χ1n) is 7.62. The molecule has 2 rings (SSSR count). The number of carbonyl (C=O) groups is 1. The van der Waals surface area contributed by atoms with Gasteiger partial charge < -0.3 is 9.64 Å². The van der Waals surface area contributed by atoms with Crippen LogP contribution in [0.1, 0.15) is 12.5 Å². The summed E-state index contributed by atoms with van der Waals surface area (Å²) < 4.78 is 5.63. The molecule has 0 aliphatic carbocycles. The Balaban J connectivity index is 1.90. The van der Waals surface area contributed by atoms with Gasteiger partial charge in [0, 0.05) is 33.2 Å². The van der Waals surface area contributed by atoms with Crippen LogP contribution in [0.3, 0.4) is 0 Å². The number of nitrogens with zero attached hydrogens (tertiary/aromatic N) is 3. The zero-order chi connectivity index (χ0) is 15.9. The van der Waals surface area contributed by atoms with Gasteiger partial charge >= 0.3 is 0 Å². The topological polar surface area (TPSA) is 56.6 Å². The minimum Gasteiger partial charge on any atom is -0.366 e. The first-order valence-corrected chi connectivity index (χ1v) is 7.62. The third kappa shape index (κ3) is 4.55. The number of nitriles is 1. The van der Waals surface area contributed by atoms with E-state index < -0.39 is 6.10 Å². The van der Waals surface area contributed by atoms with Gasteiger partial charge in [-0.25, -0.2) is 0 Å². The van der Waals surface area contributed by atoms with Crippen molar-refractivity contribution in [1.82, 2.24) is 9.80 Å². The summed E-state index contributed by atoms with van der Waals surface area (Å²) in [5, 5.41) is 8.85. The number of likely N-dealkylation sites (N-methyl/N-ethyl adjacent to an activating group) is 1. The van der Waals surface area contributed by atoms with Crippen LogP contribution in [0.4, 0.5) is 0 Å². The van der Waals surface area contributed by atoms with Crippen molar-refractivity contribution in [2.45, 2.75) is 19.6 Å². The lowest BCUT2D eigenvalue weighted by atomic mass is 10.1. The smallest absolute Gasteiger partial charge is 0.252 e. The summed E-state index contributed by atoms with van der Waals surface area (Å²) >= 11 is 0. The van der Waals surface area contributed by atoms with Gasteiger partial charge in [0.15, 0.2) is 0 Å². The molecule has 1 aromatic carbocycles. The fourth-order valence-electron chi connectivity index (χ4n) is 2.62. The first-order chi connectivity index (χ1) is 10.6. The molecule has 0 spiro atoms. The molecule has 0 radical (unpaired) electrons. The van der Waals surface area contributed by atoms with Crippen LogP contribution in [-0.4, -0.2) is 55.1 Å². The van der Waals surface area contributed by atoms with Gasteiger partial charge in [-0.15, -0.1) is 0 Å². The summed E-state index contributed by atoms with van der Waals surface area (Å²) in [5.41, 5.74) is 1.24. The Morgan fingerprint density at radius 3 is 2.91 bits per heavy atom. The van der Waals surface area contributed by atoms with Crippen molar-refractivity contribution in [2.75, 3.05) is 33.3 Å². The van der Waals surface area contributed by atoms with Crippen molar-refractivity contribution >= 4 is 5.91 Å². The molecule has 1 heterocycles. The quantitative estimate of drug-likeness (QED) is 0.827. The van der Waals surface area contributed by atoms with Crippen LogP contribution in [-0.2, 0) is 16.1 Å². The molecule has 2 atom stereocenters. The highest BCUT2D eigenvalue weighted by molar-refractivity contribution is 5.81. The van der Waals surface area contributed by atoms with Crippen LogP contribution >= 0.6 is 0 Å². The normalized spacial score (nSPS) is 20.1. The molecule has 0 N–H and O–H groups in total. The Labute approximate surface area is 132 Å². The lowest BCUT2D eigenvalue weighted by Crippen LogP contribution is -2.50. The Bertz CT molecular complexity index is 526. The Morgan fingerprint density at radius 1 is 1.50 bits per heavy atom. The van der Waals surface area contributed by atoms with Crippen LogP contribution < -0.4 is 0 Å². The van der Waals surface area contributed by atoms with Crippen LogP contribution in [0.2, 0.25) is 0 Å². The largest absolute Gasteiger partial charge is 0.366 e.